The Bertz CT molecular complexity index is 582. The lowest BCUT2D eigenvalue weighted by molar-refractivity contribution is 0.404. The molecule has 2 aromatic rings. The van der Waals surface area contributed by atoms with E-state index >= 15 is 0 Å². The van der Waals surface area contributed by atoms with Gasteiger partial charge in [-0.1, -0.05) is 51.8 Å². The second kappa shape index (κ2) is 6.30. The Morgan fingerprint density at radius 1 is 1.00 bits per heavy atom. The lowest BCUT2D eigenvalue weighted by atomic mass is 9.77. The van der Waals surface area contributed by atoms with Gasteiger partial charge in [0.1, 0.15) is 0 Å². The first-order valence-corrected chi connectivity index (χ1v) is 8.13. The van der Waals surface area contributed by atoms with Crippen molar-refractivity contribution in [2.24, 2.45) is 0 Å². The van der Waals surface area contributed by atoms with Crippen LogP contribution in [-0.4, -0.2) is 13.1 Å². The van der Waals surface area contributed by atoms with E-state index < -0.39 is 0 Å². The molecule has 0 aliphatic carbocycles. The summed E-state index contributed by atoms with van der Waals surface area (Å²) in [6.45, 7) is 2.10. The van der Waals surface area contributed by atoms with Crippen molar-refractivity contribution in [1.29, 1.82) is 0 Å². The molecule has 3 heteroatoms. The third kappa shape index (κ3) is 3.08. The molecule has 1 aliphatic rings. The normalized spacial score (nSPS) is 22.7. The fraction of sp³-hybridized carbons (Fsp3) is 0.294. The summed E-state index contributed by atoms with van der Waals surface area (Å²) in [5.41, 5.74) is 2.75. The predicted octanol–water partition coefficient (Wildman–Crippen LogP) is 4.96. The number of halogens is 2. The molecule has 0 saturated carbocycles. The molecule has 104 valence electrons. The van der Waals surface area contributed by atoms with Crippen LogP contribution in [0.15, 0.2) is 53.0 Å². The largest absolute Gasteiger partial charge is 0.316 e. The summed E-state index contributed by atoms with van der Waals surface area (Å²) in [6.07, 6.45) is 1.15. The standard InChI is InChI=1S/C17H17BrClN/c18-14-6-4-12(5-7-14)17-11-20-9-8-16(17)13-2-1-3-15(19)10-13/h1-7,10,16-17,20H,8-9,11H2. The molecule has 0 spiro atoms. The molecule has 0 amide bonds. The summed E-state index contributed by atoms with van der Waals surface area (Å²) in [4.78, 5) is 0. The summed E-state index contributed by atoms with van der Waals surface area (Å²) in [5, 5.41) is 4.35. The molecule has 1 N–H and O–H groups in total. The highest BCUT2D eigenvalue weighted by molar-refractivity contribution is 9.10. The molecule has 3 rings (SSSR count). The number of hydrogen-bond donors (Lipinski definition) is 1. The summed E-state index contributed by atoms with van der Waals surface area (Å²) in [7, 11) is 0. The van der Waals surface area contributed by atoms with Gasteiger partial charge in [0, 0.05) is 22.0 Å². The van der Waals surface area contributed by atoms with Crippen molar-refractivity contribution in [3.63, 3.8) is 0 Å². The first-order valence-electron chi connectivity index (χ1n) is 6.95. The Labute approximate surface area is 133 Å². The molecule has 2 unspecified atom stereocenters. The zero-order valence-electron chi connectivity index (χ0n) is 11.2. The van der Waals surface area contributed by atoms with Gasteiger partial charge in [-0.25, -0.2) is 0 Å². The highest BCUT2D eigenvalue weighted by Gasteiger charge is 2.27. The third-order valence-electron chi connectivity index (χ3n) is 4.06. The molecule has 2 atom stereocenters. The van der Waals surface area contributed by atoms with Crippen LogP contribution in [0.3, 0.4) is 0 Å². The molecule has 0 aromatic heterocycles. The predicted molar refractivity (Wildman–Crippen MR) is 88.6 cm³/mol. The van der Waals surface area contributed by atoms with Crippen LogP contribution < -0.4 is 5.32 Å². The van der Waals surface area contributed by atoms with Gasteiger partial charge in [0.15, 0.2) is 0 Å². The highest BCUT2D eigenvalue weighted by Crippen LogP contribution is 2.38. The molecule has 1 nitrogen and oxygen atoms in total. The van der Waals surface area contributed by atoms with Gasteiger partial charge in [0.05, 0.1) is 0 Å². The number of rotatable bonds is 2. The van der Waals surface area contributed by atoms with E-state index in [0.29, 0.717) is 11.8 Å². The van der Waals surface area contributed by atoms with Gasteiger partial charge >= 0.3 is 0 Å². The summed E-state index contributed by atoms with van der Waals surface area (Å²) in [5.74, 6) is 1.05. The summed E-state index contributed by atoms with van der Waals surface area (Å²) < 4.78 is 1.13. The van der Waals surface area contributed by atoms with Crippen molar-refractivity contribution >= 4 is 27.5 Å². The number of benzene rings is 2. The van der Waals surface area contributed by atoms with E-state index in [1.807, 2.05) is 6.07 Å². The maximum Gasteiger partial charge on any atom is 0.0408 e. The second-order valence-electron chi connectivity index (χ2n) is 5.31. The number of nitrogens with one attached hydrogen (secondary N) is 1. The van der Waals surface area contributed by atoms with Crippen molar-refractivity contribution < 1.29 is 0 Å². The first-order chi connectivity index (χ1) is 9.74. The smallest absolute Gasteiger partial charge is 0.0408 e. The van der Waals surface area contributed by atoms with Crippen molar-refractivity contribution in [3.8, 4) is 0 Å². The molecular weight excluding hydrogens is 334 g/mol. The third-order valence-corrected chi connectivity index (χ3v) is 4.82. The van der Waals surface area contributed by atoms with Crippen molar-refractivity contribution in [2.45, 2.75) is 18.3 Å². The van der Waals surface area contributed by atoms with Crippen LogP contribution in [0.4, 0.5) is 0 Å². The Kier molecular flexibility index (Phi) is 4.45. The van der Waals surface area contributed by atoms with Crippen molar-refractivity contribution in [3.05, 3.63) is 69.2 Å². The van der Waals surface area contributed by atoms with Crippen LogP contribution >= 0.6 is 27.5 Å². The van der Waals surface area contributed by atoms with Crippen LogP contribution in [0, 0.1) is 0 Å². The minimum Gasteiger partial charge on any atom is -0.316 e. The maximum atomic E-state index is 6.16. The second-order valence-corrected chi connectivity index (χ2v) is 6.66. The van der Waals surface area contributed by atoms with Crippen LogP contribution in [0.2, 0.25) is 5.02 Å². The van der Waals surface area contributed by atoms with Gasteiger partial charge < -0.3 is 5.32 Å². The Morgan fingerprint density at radius 2 is 1.80 bits per heavy atom. The van der Waals surface area contributed by atoms with Crippen LogP contribution in [0.25, 0.3) is 0 Å². The molecule has 2 aromatic carbocycles. The minimum absolute atomic E-state index is 0.510. The maximum absolute atomic E-state index is 6.16. The van der Waals surface area contributed by atoms with E-state index in [0.717, 1.165) is 29.0 Å². The lowest BCUT2D eigenvalue weighted by Gasteiger charge is -2.33. The summed E-state index contributed by atoms with van der Waals surface area (Å²) >= 11 is 9.66. The molecule has 1 aliphatic heterocycles. The summed E-state index contributed by atoms with van der Waals surface area (Å²) in [6, 6.07) is 17.0. The zero-order chi connectivity index (χ0) is 13.9. The lowest BCUT2D eigenvalue weighted by Crippen LogP contribution is -2.34. The molecule has 1 heterocycles. The minimum atomic E-state index is 0.510. The van der Waals surface area contributed by atoms with E-state index in [2.05, 4.69) is 63.7 Å². The molecular formula is C17H17BrClN. The molecule has 20 heavy (non-hydrogen) atoms. The van der Waals surface area contributed by atoms with Gasteiger partial charge in [-0.2, -0.15) is 0 Å². The average molecular weight is 351 g/mol. The van der Waals surface area contributed by atoms with Gasteiger partial charge in [-0.05, 0) is 54.3 Å². The van der Waals surface area contributed by atoms with Crippen LogP contribution in [0.1, 0.15) is 29.4 Å². The number of hydrogen-bond acceptors (Lipinski definition) is 1. The van der Waals surface area contributed by atoms with E-state index in [-0.39, 0.29) is 0 Å². The molecule has 1 saturated heterocycles. The zero-order valence-corrected chi connectivity index (χ0v) is 13.5. The number of piperidine rings is 1. The highest BCUT2D eigenvalue weighted by atomic mass is 79.9. The van der Waals surface area contributed by atoms with Gasteiger partial charge in [-0.3, -0.25) is 0 Å². The first kappa shape index (κ1) is 14.1. The van der Waals surface area contributed by atoms with E-state index in [9.17, 15) is 0 Å². The molecule has 0 radical (unpaired) electrons. The quantitative estimate of drug-likeness (QED) is 0.807. The van der Waals surface area contributed by atoms with Crippen LogP contribution in [-0.2, 0) is 0 Å². The fourth-order valence-corrected chi connectivity index (χ4v) is 3.52. The van der Waals surface area contributed by atoms with E-state index in [1.165, 1.54) is 11.1 Å². The fourth-order valence-electron chi connectivity index (χ4n) is 3.05. The van der Waals surface area contributed by atoms with Gasteiger partial charge in [0.25, 0.3) is 0 Å². The molecule has 1 fully saturated rings. The molecule has 0 bridgehead atoms. The van der Waals surface area contributed by atoms with E-state index in [1.54, 1.807) is 0 Å². The monoisotopic (exact) mass is 349 g/mol. The Hall–Kier alpha value is -0.830. The van der Waals surface area contributed by atoms with Gasteiger partial charge in [0.2, 0.25) is 0 Å². The Morgan fingerprint density at radius 3 is 2.55 bits per heavy atom. The topological polar surface area (TPSA) is 12.0 Å². The van der Waals surface area contributed by atoms with Crippen molar-refractivity contribution in [2.75, 3.05) is 13.1 Å². The Balaban J connectivity index is 1.93. The van der Waals surface area contributed by atoms with Crippen LogP contribution in [0.5, 0.6) is 0 Å². The van der Waals surface area contributed by atoms with Gasteiger partial charge in [-0.15, -0.1) is 0 Å². The SMILES string of the molecule is Clc1cccc(C2CCNCC2c2ccc(Br)cc2)c1. The average Bonchev–Trinajstić information content (AvgIpc) is 2.48. The van der Waals surface area contributed by atoms with Crippen molar-refractivity contribution in [1.82, 2.24) is 5.32 Å². The van der Waals surface area contributed by atoms with E-state index in [4.69, 9.17) is 11.6 Å².